The molecule has 4 atom stereocenters. The third kappa shape index (κ3) is 5.75. The summed E-state index contributed by atoms with van der Waals surface area (Å²) in [5, 5.41) is 0. The number of rotatable bonds is 6. The van der Waals surface area contributed by atoms with Crippen molar-refractivity contribution >= 4 is 5.97 Å². The molecule has 1 fully saturated rings. The van der Waals surface area contributed by atoms with Crippen molar-refractivity contribution in [3.8, 4) is 17.2 Å². The number of para-hydroxylation sites is 1. The number of benzene rings is 1. The highest BCUT2D eigenvalue weighted by atomic mass is 16.9. The maximum absolute atomic E-state index is 11.0. The molecule has 28 heavy (non-hydrogen) atoms. The minimum absolute atomic E-state index is 0.185. The molecule has 2 heterocycles. The lowest BCUT2D eigenvalue weighted by Gasteiger charge is -2.33. The van der Waals surface area contributed by atoms with Crippen molar-refractivity contribution in [1.82, 2.24) is 0 Å². The van der Waals surface area contributed by atoms with Crippen LogP contribution in [0.25, 0.3) is 0 Å². The molecule has 0 radical (unpaired) electrons. The molecule has 0 amide bonds. The van der Waals surface area contributed by atoms with E-state index in [1.165, 1.54) is 6.92 Å². The highest BCUT2D eigenvalue weighted by Gasteiger charge is 2.40. The first-order valence-electron chi connectivity index (χ1n) is 9.99. The third-order valence-electron chi connectivity index (χ3n) is 4.27. The molecule has 1 aromatic rings. The Kier molecular flexibility index (Phi) is 7.95. The Morgan fingerprint density at radius 1 is 1.25 bits per heavy atom. The van der Waals surface area contributed by atoms with Gasteiger partial charge in [0.05, 0.1) is 12.7 Å². The highest BCUT2D eigenvalue weighted by molar-refractivity contribution is 5.65. The molecule has 2 aliphatic rings. The third-order valence-corrected chi connectivity index (χ3v) is 4.27. The van der Waals surface area contributed by atoms with Crippen molar-refractivity contribution in [2.75, 3.05) is 13.2 Å². The van der Waals surface area contributed by atoms with Crippen LogP contribution in [0.5, 0.6) is 17.2 Å². The summed E-state index contributed by atoms with van der Waals surface area (Å²) < 4.78 is 34.2. The molecule has 0 bridgehead atoms. The van der Waals surface area contributed by atoms with Crippen molar-refractivity contribution in [1.29, 1.82) is 0 Å². The lowest BCUT2D eigenvalue weighted by molar-refractivity contribution is -0.267. The average molecular weight is 396 g/mol. The summed E-state index contributed by atoms with van der Waals surface area (Å²) in [5.74, 6) is 0.523. The smallest absolute Gasteiger partial charge is 0.369 e. The van der Waals surface area contributed by atoms with Gasteiger partial charge < -0.3 is 28.4 Å². The van der Waals surface area contributed by atoms with Gasteiger partial charge in [0.2, 0.25) is 12.0 Å². The van der Waals surface area contributed by atoms with Crippen LogP contribution >= 0.6 is 0 Å². The van der Waals surface area contributed by atoms with E-state index >= 15 is 0 Å². The largest absolute Gasteiger partial charge is 0.463 e. The Hall–Kier alpha value is -1.99. The van der Waals surface area contributed by atoms with E-state index in [4.69, 9.17) is 28.4 Å². The number of hydrogen-bond acceptors (Lipinski definition) is 7. The molecule has 7 heteroatoms. The van der Waals surface area contributed by atoms with Gasteiger partial charge in [-0.15, -0.1) is 0 Å². The van der Waals surface area contributed by atoms with E-state index in [1.54, 1.807) is 13.0 Å². The van der Waals surface area contributed by atoms with Gasteiger partial charge in [0, 0.05) is 20.3 Å². The maximum atomic E-state index is 11.0. The summed E-state index contributed by atoms with van der Waals surface area (Å²) in [5.41, 5.74) is 0. The molecule has 0 aromatic heterocycles. The van der Waals surface area contributed by atoms with Gasteiger partial charge in [0.25, 0.3) is 0 Å². The zero-order valence-electron chi connectivity index (χ0n) is 17.7. The first-order chi connectivity index (χ1) is 13.4. The molecular formula is C21H32O7. The van der Waals surface area contributed by atoms with Crippen LogP contribution in [0.4, 0.5) is 0 Å². The van der Waals surface area contributed by atoms with E-state index in [-0.39, 0.29) is 18.7 Å². The fourth-order valence-electron chi connectivity index (χ4n) is 3.23. The van der Waals surface area contributed by atoms with Gasteiger partial charge in [-0.3, -0.25) is 4.79 Å². The first kappa shape index (κ1) is 22.3. The second-order valence-corrected chi connectivity index (χ2v) is 6.77. The predicted octanol–water partition coefficient (Wildman–Crippen LogP) is 4.28. The zero-order valence-corrected chi connectivity index (χ0v) is 17.7. The van der Waals surface area contributed by atoms with Crippen LogP contribution in [0, 0.1) is 5.92 Å². The number of ether oxygens (including phenoxy) is 6. The van der Waals surface area contributed by atoms with E-state index in [0.29, 0.717) is 29.8 Å². The molecule has 1 saturated heterocycles. The summed E-state index contributed by atoms with van der Waals surface area (Å²) in [6, 6.07) is 5.45. The molecular weight excluding hydrogens is 364 g/mol. The maximum Gasteiger partial charge on any atom is 0.369 e. The number of hydrogen-bond donors (Lipinski definition) is 0. The fraction of sp³-hybridized carbons (Fsp3) is 0.667. The average Bonchev–Trinajstić information content (AvgIpc) is 2.99. The van der Waals surface area contributed by atoms with E-state index < -0.39 is 12.3 Å². The van der Waals surface area contributed by atoms with Gasteiger partial charge in [0.1, 0.15) is 6.61 Å². The quantitative estimate of drug-likeness (QED) is 0.665. The standard InChI is InChI=1S/C19H26O7.C2H6/c1-5-22-19(4)25-16-8-6-7-15(18(16)26-19)24-17-10-12(2)9-14(23-17)11-21-13(3)20;1-2/h6-8,12,14,17H,5,9-11H2,1-4H3;1-2H3. The molecule has 0 spiro atoms. The number of carbonyl (C=O) groups is 1. The first-order valence-corrected chi connectivity index (χ1v) is 9.99. The minimum Gasteiger partial charge on any atom is -0.463 e. The second kappa shape index (κ2) is 9.98. The van der Waals surface area contributed by atoms with E-state index in [1.807, 2.05) is 32.9 Å². The number of esters is 1. The van der Waals surface area contributed by atoms with Crippen molar-refractivity contribution in [3.63, 3.8) is 0 Å². The highest BCUT2D eigenvalue weighted by Crippen LogP contribution is 2.47. The summed E-state index contributed by atoms with van der Waals surface area (Å²) in [6.45, 7) is 11.8. The lowest BCUT2D eigenvalue weighted by atomic mass is 9.97. The molecule has 1 aromatic carbocycles. The zero-order chi connectivity index (χ0) is 20.7. The van der Waals surface area contributed by atoms with Gasteiger partial charge >= 0.3 is 11.9 Å². The van der Waals surface area contributed by atoms with E-state index in [9.17, 15) is 4.79 Å². The van der Waals surface area contributed by atoms with E-state index in [0.717, 1.165) is 12.8 Å². The Bertz CT molecular complexity index is 648. The molecule has 3 rings (SSSR count). The molecule has 7 nitrogen and oxygen atoms in total. The Labute approximate surface area is 167 Å². The van der Waals surface area contributed by atoms with Crippen LogP contribution in [0.2, 0.25) is 0 Å². The molecule has 158 valence electrons. The Morgan fingerprint density at radius 2 is 2.00 bits per heavy atom. The molecule has 0 aliphatic carbocycles. The molecule has 0 N–H and O–H groups in total. The van der Waals surface area contributed by atoms with Crippen molar-refractivity contribution in [2.45, 2.75) is 72.8 Å². The predicted molar refractivity (Wildman–Crippen MR) is 103 cm³/mol. The second-order valence-electron chi connectivity index (χ2n) is 6.77. The molecule has 4 unspecified atom stereocenters. The number of carbonyl (C=O) groups excluding carboxylic acids is 1. The van der Waals surface area contributed by atoms with Gasteiger partial charge in [-0.2, -0.15) is 0 Å². The van der Waals surface area contributed by atoms with Crippen molar-refractivity contribution in [2.24, 2.45) is 5.92 Å². The van der Waals surface area contributed by atoms with Crippen molar-refractivity contribution < 1.29 is 33.2 Å². The number of fused-ring (bicyclic) bond motifs is 1. The fourth-order valence-corrected chi connectivity index (χ4v) is 3.23. The van der Waals surface area contributed by atoms with Crippen LogP contribution in [0.15, 0.2) is 18.2 Å². The van der Waals surface area contributed by atoms with Crippen LogP contribution in [0.1, 0.15) is 54.4 Å². The molecule has 0 saturated carbocycles. The van der Waals surface area contributed by atoms with E-state index in [2.05, 4.69) is 6.92 Å². The minimum atomic E-state index is -1.16. The van der Waals surface area contributed by atoms with Crippen LogP contribution in [0.3, 0.4) is 0 Å². The van der Waals surface area contributed by atoms with Gasteiger partial charge in [-0.05, 0) is 31.4 Å². The normalized spacial score (nSPS) is 28.1. The summed E-state index contributed by atoms with van der Waals surface area (Å²) >= 11 is 0. The molecule has 2 aliphatic heterocycles. The van der Waals surface area contributed by atoms with Crippen LogP contribution in [-0.4, -0.2) is 37.6 Å². The van der Waals surface area contributed by atoms with Gasteiger partial charge in [-0.25, -0.2) is 0 Å². The van der Waals surface area contributed by atoms with Crippen LogP contribution in [-0.2, 0) is 19.0 Å². The Morgan fingerprint density at radius 3 is 2.68 bits per heavy atom. The van der Waals surface area contributed by atoms with Gasteiger partial charge in [0.15, 0.2) is 11.5 Å². The van der Waals surface area contributed by atoms with Crippen molar-refractivity contribution in [3.05, 3.63) is 18.2 Å². The van der Waals surface area contributed by atoms with Gasteiger partial charge in [-0.1, -0.05) is 26.8 Å². The lowest BCUT2D eigenvalue weighted by Crippen LogP contribution is -2.39. The Balaban J connectivity index is 0.00000136. The summed E-state index contributed by atoms with van der Waals surface area (Å²) in [6.07, 6.45) is 0.926. The monoisotopic (exact) mass is 396 g/mol. The topological polar surface area (TPSA) is 72.5 Å². The summed E-state index contributed by atoms with van der Waals surface area (Å²) in [4.78, 5) is 11.0. The van der Waals surface area contributed by atoms with Crippen LogP contribution < -0.4 is 14.2 Å². The SMILES string of the molecule is CC.CCOC1(C)Oc2cccc(OC3CC(C)CC(COC(C)=O)O3)c2O1. The summed E-state index contributed by atoms with van der Waals surface area (Å²) in [7, 11) is 0.